The van der Waals surface area contributed by atoms with Gasteiger partial charge in [0.05, 0.1) is 0 Å². The van der Waals surface area contributed by atoms with Crippen LogP contribution in [0.1, 0.15) is 57.6 Å². The largest absolute Gasteiger partial charge is 0.508 e. The molecule has 0 saturated carbocycles. The third-order valence-corrected chi connectivity index (χ3v) is 3.80. The maximum absolute atomic E-state index is 10.2. The highest BCUT2D eigenvalue weighted by molar-refractivity contribution is 5.47. The second kappa shape index (κ2) is 9.79. The number of benzene rings is 1. The zero-order chi connectivity index (χ0) is 17.2. The fourth-order valence-electron chi connectivity index (χ4n) is 2.41. The maximum atomic E-state index is 10.2. The molecule has 2 N–H and O–H groups in total. The Hall–Kier alpha value is -2.14. The summed E-state index contributed by atoms with van der Waals surface area (Å²) in [5, 5.41) is 20.3. The van der Waals surface area contributed by atoms with Crippen molar-refractivity contribution >= 4 is 0 Å². The minimum absolute atomic E-state index is 0.161. The fraction of sp³-hybridized carbons (Fsp3) is 0.429. The van der Waals surface area contributed by atoms with Crippen molar-refractivity contribution < 1.29 is 10.2 Å². The van der Waals surface area contributed by atoms with E-state index < -0.39 is 0 Å². The lowest BCUT2D eigenvalue weighted by molar-refractivity contribution is 0.439. The molecule has 2 heteroatoms. The molecule has 1 rings (SSSR count). The van der Waals surface area contributed by atoms with Gasteiger partial charge in [0.2, 0.25) is 0 Å². The molecule has 0 aliphatic rings. The van der Waals surface area contributed by atoms with Gasteiger partial charge in [-0.25, -0.2) is 0 Å². The Bertz CT molecular complexity index is 588. The van der Waals surface area contributed by atoms with Gasteiger partial charge < -0.3 is 10.2 Å². The second-order valence-electron chi connectivity index (χ2n) is 6.25. The number of aryl methyl sites for hydroxylation is 1. The van der Waals surface area contributed by atoms with Gasteiger partial charge in [-0.2, -0.15) is 0 Å². The lowest BCUT2D eigenvalue weighted by Crippen LogP contribution is -1.91. The van der Waals surface area contributed by atoms with E-state index in [1.54, 1.807) is 12.1 Å². The minimum atomic E-state index is 0.161. The molecule has 0 heterocycles. The van der Waals surface area contributed by atoms with Crippen molar-refractivity contribution in [1.82, 2.24) is 0 Å². The standard InChI is InChI=1S/C21H28O2/c1-5-6-7-11-18-14-20(22)19(21(23)15-18)13-12-17(4)10-8-9-16(2)3/h1,9,12,14-15,22-23H,6-8,10-11,13H2,2-4H3. The van der Waals surface area contributed by atoms with E-state index in [9.17, 15) is 10.2 Å². The molecule has 0 amide bonds. The van der Waals surface area contributed by atoms with Crippen LogP contribution in [0, 0.1) is 12.3 Å². The van der Waals surface area contributed by atoms with E-state index in [0.717, 1.165) is 31.2 Å². The highest BCUT2D eigenvalue weighted by Crippen LogP contribution is 2.30. The second-order valence-corrected chi connectivity index (χ2v) is 6.25. The van der Waals surface area contributed by atoms with Gasteiger partial charge in [0.25, 0.3) is 0 Å². The number of hydrogen-bond donors (Lipinski definition) is 2. The monoisotopic (exact) mass is 312 g/mol. The van der Waals surface area contributed by atoms with Crippen LogP contribution in [0.3, 0.4) is 0 Å². The van der Waals surface area contributed by atoms with Crippen LogP contribution in [0.5, 0.6) is 11.5 Å². The third kappa shape index (κ3) is 7.10. The van der Waals surface area contributed by atoms with Crippen molar-refractivity contribution in [3.05, 3.63) is 46.6 Å². The van der Waals surface area contributed by atoms with Crippen molar-refractivity contribution in [2.24, 2.45) is 0 Å². The Morgan fingerprint density at radius 3 is 2.35 bits per heavy atom. The molecule has 0 bridgehead atoms. The average molecular weight is 312 g/mol. The Labute approximate surface area is 140 Å². The smallest absolute Gasteiger partial charge is 0.123 e. The first-order valence-electron chi connectivity index (χ1n) is 8.20. The number of phenols is 2. The zero-order valence-corrected chi connectivity index (χ0v) is 14.5. The van der Waals surface area contributed by atoms with Crippen molar-refractivity contribution in [1.29, 1.82) is 0 Å². The summed E-state index contributed by atoms with van der Waals surface area (Å²) < 4.78 is 0. The molecule has 0 saturated heterocycles. The summed E-state index contributed by atoms with van der Waals surface area (Å²) in [5.41, 5.74) is 4.10. The minimum Gasteiger partial charge on any atom is -0.508 e. The number of allylic oxidation sites excluding steroid dienone is 4. The first kappa shape index (κ1) is 18.9. The predicted octanol–water partition coefficient (Wildman–Crippen LogP) is 5.29. The quantitative estimate of drug-likeness (QED) is 0.389. The third-order valence-electron chi connectivity index (χ3n) is 3.80. The first-order valence-corrected chi connectivity index (χ1v) is 8.20. The molecule has 2 nitrogen and oxygen atoms in total. The van der Waals surface area contributed by atoms with E-state index in [0.29, 0.717) is 18.4 Å². The fourth-order valence-corrected chi connectivity index (χ4v) is 2.41. The van der Waals surface area contributed by atoms with Gasteiger partial charge in [-0.15, -0.1) is 12.3 Å². The maximum Gasteiger partial charge on any atom is 0.123 e. The van der Waals surface area contributed by atoms with Crippen molar-refractivity contribution in [2.45, 2.75) is 59.3 Å². The lowest BCUT2D eigenvalue weighted by Gasteiger charge is -2.09. The number of rotatable bonds is 8. The van der Waals surface area contributed by atoms with Crippen LogP contribution in [-0.4, -0.2) is 10.2 Å². The number of unbranched alkanes of at least 4 members (excludes halogenated alkanes) is 1. The number of hydrogen-bond acceptors (Lipinski definition) is 2. The Balaban J connectivity index is 2.70. The molecule has 0 atom stereocenters. The molecule has 0 fully saturated rings. The first-order chi connectivity index (χ1) is 10.9. The molecular weight excluding hydrogens is 284 g/mol. The van der Waals surface area contributed by atoms with Crippen molar-refractivity contribution in [3.63, 3.8) is 0 Å². The summed E-state index contributed by atoms with van der Waals surface area (Å²) in [5.74, 6) is 2.92. The van der Waals surface area contributed by atoms with Crippen molar-refractivity contribution in [3.8, 4) is 23.8 Å². The number of aromatic hydroxyl groups is 2. The van der Waals surface area contributed by atoms with Crippen LogP contribution in [0.15, 0.2) is 35.4 Å². The van der Waals surface area contributed by atoms with Crippen LogP contribution in [-0.2, 0) is 12.8 Å². The van der Waals surface area contributed by atoms with Gasteiger partial charge in [0, 0.05) is 12.0 Å². The van der Waals surface area contributed by atoms with E-state index in [1.165, 1.54) is 11.1 Å². The lowest BCUT2D eigenvalue weighted by atomic mass is 10.0. The summed E-state index contributed by atoms with van der Waals surface area (Å²) in [4.78, 5) is 0. The summed E-state index contributed by atoms with van der Waals surface area (Å²) in [6, 6.07) is 3.47. The van der Waals surface area contributed by atoms with Gasteiger partial charge in [-0.05, 0) is 70.6 Å². The van der Waals surface area contributed by atoms with Crippen LogP contribution in [0.4, 0.5) is 0 Å². The van der Waals surface area contributed by atoms with Gasteiger partial charge in [0.15, 0.2) is 0 Å². The number of phenolic OH excluding ortho intramolecular Hbond substituents is 2. The SMILES string of the molecule is C#CCCCc1cc(O)c(CC=C(C)CCC=C(C)C)c(O)c1. The van der Waals surface area contributed by atoms with Gasteiger partial charge in [-0.3, -0.25) is 0 Å². The Morgan fingerprint density at radius 2 is 1.78 bits per heavy atom. The molecule has 0 unspecified atom stereocenters. The summed E-state index contributed by atoms with van der Waals surface area (Å²) >= 11 is 0. The Morgan fingerprint density at radius 1 is 1.13 bits per heavy atom. The predicted molar refractivity (Wildman–Crippen MR) is 97.7 cm³/mol. The molecule has 0 aromatic heterocycles. The summed E-state index contributed by atoms with van der Waals surface area (Å²) in [6.07, 6.45) is 14.4. The van der Waals surface area contributed by atoms with E-state index in [-0.39, 0.29) is 11.5 Å². The molecule has 0 spiro atoms. The summed E-state index contributed by atoms with van der Waals surface area (Å²) in [7, 11) is 0. The van der Waals surface area contributed by atoms with Crippen LogP contribution in [0.25, 0.3) is 0 Å². The van der Waals surface area contributed by atoms with Gasteiger partial charge in [-0.1, -0.05) is 23.3 Å². The van der Waals surface area contributed by atoms with Gasteiger partial charge >= 0.3 is 0 Å². The average Bonchev–Trinajstić information content (AvgIpc) is 2.46. The molecular formula is C21H28O2. The van der Waals surface area contributed by atoms with Crippen LogP contribution in [0.2, 0.25) is 0 Å². The molecule has 124 valence electrons. The van der Waals surface area contributed by atoms with E-state index >= 15 is 0 Å². The van der Waals surface area contributed by atoms with Gasteiger partial charge in [0.1, 0.15) is 11.5 Å². The van der Waals surface area contributed by atoms with Crippen LogP contribution >= 0.6 is 0 Å². The zero-order valence-electron chi connectivity index (χ0n) is 14.5. The molecule has 23 heavy (non-hydrogen) atoms. The van der Waals surface area contributed by atoms with E-state index in [2.05, 4.69) is 38.8 Å². The molecule has 1 aromatic rings. The number of terminal acetylenes is 1. The molecule has 0 aliphatic carbocycles. The normalized spacial score (nSPS) is 11.1. The summed E-state index contributed by atoms with van der Waals surface area (Å²) in [6.45, 7) is 6.28. The topological polar surface area (TPSA) is 40.5 Å². The Kier molecular flexibility index (Phi) is 8.05. The molecule has 0 aliphatic heterocycles. The van der Waals surface area contributed by atoms with Crippen LogP contribution < -0.4 is 0 Å². The molecule has 0 radical (unpaired) electrons. The molecule has 1 aromatic carbocycles. The highest BCUT2D eigenvalue weighted by Gasteiger charge is 2.09. The van der Waals surface area contributed by atoms with Crippen molar-refractivity contribution in [2.75, 3.05) is 0 Å². The van der Waals surface area contributed by atoms with E-state index in [1.807, 2.05) is 0 Å². The van der Waals surface area contributed by atoms with E-state index in [4.69, 9.17) is 6.42 Å². The highest BCUT2D eigenvalue weighted by atomic mass is 16.3.